The maximum Gasteiger partial charge on any atom is 0.274 e. The summed E-state index contributed by atoms with van der Waals surface area (Å²) >= 11 is 0. The Labute approximate surface area is 108 Å². The largest absolute Gasteiger partial charge is 0.382 e. The van der Waals surface area contributed by atoms with E-state index in [4.69, 9.17) is 0 Å². The molecule has 0 heterocycles. The normalized spacial score (nSPS) is 16.3. The Kier molecular flexibility index (Phi) is 3.84. The molecule has 4 heteroatoms. The first-order chi connectivity index (χ1) is 8.60. The van der Waals surface area contributed by atoms with Gasteiger partial charge in [0.2, 0.25) is 0 Å². The van der Waals surface area contributed by atoms with Crippen LogP contribution in [0, 0.1) is 16.0 Å². The Balaban J connectivity index is 2.07. The van der Waals surface area contributed by atoms with Gasteiger partial charge in [-0.3, -0.25) is 10.1 Å². The summed E-state index contributed by atoms with van der Waals surface area (Å²) in [6.45, 7) is 4.07. The summed E-state index contributed by atoms with van der Waals surface area (Å²) in [5.74, 6) is 0.859. The summed E-state index contributed by atoms with van der Waals surface area (Å²) in [6.07, 6.45) is 4.51. The Morgan fingerprint density at radius 2 is 2.22 bits per heavy atom. The Morgan fingerprint density at radius 3 is 2.78 bits per heavy atom. The highest BCUT2D eigenvalue weighted by atomic mass is 16.6. The third-order valence-electron chi connectivity index (χ3n) is 3.46. The van der Waals surface area contributed by atoms with Gasteiger partial charge in [-0.05, 0) is 31.7 Å². The van der Waals surface area contributed by atoms with Crippen LogP contribution in [0.2, 0.25) is 0 Å². The van der Waals surface area contributed by atoms with Crippen molar-refractivity contribution in [1.82, 2.24) is 0 Å². The van der Waals surface area contributed by atoms with E-state index in [1.807, 2.05) is 19.1 Å². The maximum atomic E-state index is 11.0. The fourth-order valence-corrected chi connectivity index (χ4v) is 2.32. The lowest BCUT2D eigenvalue weighted by Crippen LogP contribution is -2.15. The molecule has 0 saturated heterocycles. The molecular weight excluding hydrogens is 228 g/mol. The number of benzene rings is 1. The van der Waals surface area contributed by atoms with Crippen LogP contribution in [0.15, 0.2) is 18.2 Å². The number of nitro groups is 1. The van der Waals surface area contributed by atoms with Gasteiger partial charge in [-0.15, -0.1) is 0 Å². The molecule has 1 fully saturated rings. The fraction of sp³-hybridized carbons (Fsp3) is 0.571. The summed E-state index contributed by atoms with van der Waals surface area (Å²) in [7, 11) is 0. The van der Waals surface area contributed by atoms with Crippen molar-refractivity contribution in [2.75, 3.05) is 5.32 Å². The molecule has 0 aromatic heterocycles. The SMILES string of the molecule is CCc1ccc(NC(C)CC2CC2)cc1[N+](=O)[O-]. The van der Waals surface area contributed by atoms with Crippen molar-refractivity contribution in [3.63, 3.8) is 0 Å². The topological polar surface area (TPSA) is 55.2 Å². The molecule has 0 amide bonds. The monoisotopic (exact) mass is 248 g/mol. The highest BCUT2D eigenvalue weighted by Crippen LogP contribution is 2.34. The lowest BCUT2D eigenvalue weighted by molar-refractivity contribution is -0.385. The van der Waals surface area contributed by atoms with Crippen LogP contribution in [0.3, 0.4) is 0 Å². The van der Waals surface area contributed by atoms with Gasteiger partial charge in [-0.25, -0.2) is 0 Å². The van der Waals surface area contributed by atoms with Crippen molar-refractivity contribution in [1.29, 1.82) is 0 Å². The lowest BCUT2D eigenvalue weighted by Gasteiger charge is -2.15. The number of aryl methyl sites for hydroxylation is 1. The smallest absolute Gasteiger partial charge is 0.274 e. The predicted molar refractivity (Wildman–Crippen MR) is 72.9 cm³/mol. The highest BCUT2D eigenvalue weighted by molar-refractivity contribution is 5.55. The van der Waals surface area contributed by atoms with Gasteiger partial charge in [-0.2, -0.15) is 0 Å². The molecule has 18 heavy (non-hydrogen) atoms. The minimum Gasteiger partial charge on any atom is -0.382 e. The molecule has 1 aliphatic rings. The van der Waals surface area contributed by atoms with E-state index in [-0.39, 0.29) is 10.6 Å². The molecule has 0 bridgehead atoms. The minimum atomic E-state index is -0.296. The second kappa shape index (κ2) is 5.38. The molecular formula is C14H20N2O2. The van der Waals surface area contributed by atoms with Crippen LogP contribution in [0.25, 0.3) is 0 Å². The molecule has 1 aromatic carbocycles. The van der Waals surface area contributed by atoms with Gasteiger partial charge < -0.3 is 5.32 Å². The number of rotatable bonds is 6. The average molecular weight is 248 g/mol. The van der Waals surface area contributed by atoms with E-state index in [9.17, 15) is 10.1 Å². The number of hydrogen-bond acceptors (Lipinski definition) is 3. The molecule has 98 valence electrons. The molecule has 0 aliphatic heterocycles. The molecule has 1 saturated carbocycles. The van der Waals surface area contributed by atoms with Crippen LogP contribution in [0.4, 0.5) is 11.4 Å². The van der Waals surface area contributed by atoms with Crippen LogP contribution in [-0.2, 0) is 6.42 Å². The van der Waals surface area contributed by atoms with Gasteiger partial charge in [0.1, 0.15) is 0 Å². The van der Waals surface area contributed by atoms with E-state index in [0.717, 1.165) is 23.6 Å². The van der Waals surface area contributed by atoms with Crippen molar-refractivity contribution < 1.29 is 4.92 Å². The molecule has 1 atom stereocenters. The second-order valence-corrected chi connectivity index (χ2v) is 5.18. The number of nitro benzene ring substituents is 1. The van der Waals surface area contributed by atoms with E-state index in [1.54, 1.807) is 6.07 Å². The Hall–Kier alpha value is -1.58. The van der Waals surface area contributed by atoms with Gasteiger partial charge in [0.15, 0.2) is 0 Å². The van der Waals surface area contributed by atoms with Crippen molar-refractivity contribution in [3.8, 4) is 0 Å². The van der Waals surface area contributed by atoms with Gasteiger partial charge in [0, 0.05) is 23.4 Å². The van der Waals surface area contributed by atoms with Crippen molar-refractivity contribution >= 4 is 11.4 Å². The van der Waals surface area contributed by atoms with Crippen molar-refractivity contribution in [2.24, 2.45) is 5.92 Å². The number of hydrogen-bond donors (Lipinski definition) is 1. The van der Waals surface area contributed by atoms with Crippen LogP contribution in [0.1, 0.15) is 38.7 Å². The number of anilines is 1. The zero-order valence-corrected chi connectivity index (χ0v) is 11.0. The first kappa shape index (κ1) is 12.9. The molecule has 0 radical (unpaired) electrons. The summed E-state index contributed by atoms with van der Waals surface area (Å²) < 4.78 is 0. The van der Waals surface area contributed by atoms with Gasteiger partial charge in [0.05, 0.1) is 4.92 Å². The van der Waals surface area contributed by atoms with Gasteiger partial charge in [-0.1, -0.05) is 25.8 Å². The van der Waals surface area contributed by atoms with Crippen LogP contribution in [0.5, 0.6) is 0 Å². The zero-order chi connectivity index (χ0) is 13.1. The van der Waals surface area contributed by atoms with Crippen LogP contribution in [-0.4, -0.2) is 11.0 Å². The van der Waals surface area contributed by atoms with E-state index < -0.39 is 0 Å². The first-order valence-electron chi connectivity index (χ1n) is 6.64. The summed E-state index contributed by atoms with van der Waals surface area (Å²) in [5, 5.41) is 14.3. The Morgan fingerprint density at radius 1 is 1.50 bits per heavy atom. The predicted octanol–water partition coefficient (Wildman–Crippen LogP) is 3.76. The van der Waals surface area contributed by atoms with Gasteiger partial charge >= 0.3 is 0 Å². The summed E-state index contributed by atoms with van der Waals surface area (Å²) in [4.78, 5) is 10.7. The van der Waals surface area contributed by atoms with Crippen molar-refractivity contribution in [3.05, 3.63) is 33.9 Å². The summed E-state index contributed by atoms with van der Waals surface area (Å²) in [6, 6.07) is 5.83. The molecule has 1 aromatic rings. The Bertz CT molecular complexity index is 441. The molecule has 1 unspecified atom stereocenters. The lowest BCUT2D eigenvalue weighted by atomic mass is 10.1. The standard InChI is InChI=1S/C14H20N2O2/c1-3-12-6-7-13(9-14(12)16(17)18)15-10(2)8-11-4-5-11/h6-7,9-11,15H,3-5,8H2,1-2H3. The third kappa shape index (κ3) is 3.22. The first-order valence-corrected chi connectivity index (χ1v) is 6.64. The third-order valence-corrected chi connectivity index (χ3v) is 3.46. The fourth-order valence-electron chi connectivity index (χ4n) is 2.32. The molecule has 2 rings (SSSR count). The van der Waals surface area contributed by atoms with E-state index in [2.05, 4.69) is 12.2 Å². The van der Waals surface area contributed by atoms with E-state index in [1.165, 1.54) is 12.8 Å². The molecule has 1 N–H and O–H groups in total. The highest BCUT2D eigenvalue weighted by Gasteiger charge is 2.23. The van der Waals surface area contributed by atoms with E-state index in [0.29, 0.717) is 12.5 Å². The van der Waals surface area contributed by atoms with Crippen LogP contribution < -0.4 is 5.32 Å². The van der Waals surface area contributed by atoms with E-state index >= 15 is 0 Å². The minimum absolute atomic E-state index is 0.223. The van der Waals surface area contributed by atoms with Gasteiger partial charge in [0.25, 0.3) is 5.69 Å². The second-order valence-electron chi connectivity index (χ2n) is 5.18. The molecule has 0 spiro atoms. The zero-order valence-electron chi connectivity index (χ0n) is 11.0. The van der Waals surface area contributed by atoms with Crippen molar-refractivity contribution in [2.45, 2.75) is 45.6 Å². The number of nitrogens with one attached hydrogen (secondary N) is 1. The maximum absolute atomic E-state index is 11.0. The quantitative estimate of drug-likeness (QED) is 0.616. The molecule has 1 aliphatic carbocycles. The molecule has 4 nitrogen and oxygen atoms in total. The van der Waals surface area contributed by atoms with Crippen LogP contribution >= 0.6 is 0 Å². The number of nitrogens with zero attached hydrogens (tertiary/aromatic N) is 1. The summed E-state index contributed by atoms with van der Waals surface area (Å²) in [5.41, 5.74) is 1.87. The average Bonchev–Trinajstić information content (AvgIpc) is 3.12.